The van der Waals surface area contributed by atoms with Crippen molar-refractivity contribution in [3.05, 3.63) is 47.3 Å². The maximum atomic E-state index is 13.7. The van der Waals surface area contributed by atoms with Gasteiger partial charge in [-0.15, -0.1) is 0 Å². The summed E-state index contributed by atoms with van der Waals surface area (Å²) in [4.78, 5) is 21.0. The van der Waals surface area contributed by atoms with Crippen molar-refractivity contribution in [3.63, 3.8) is 0 Å². The van der Waals surface area contributed by atoms with Gasteiger partial charge in [-0.1, -0.05) is 39.0 Å². The molecule has 0 bridgehead atoms. The Bertz CT molecular complexity index is 759. The number of piperazine rings is 1. The van der Waals surface area contributed by atoms with E-state index < -0.39 is 0 Å². The lowest BCUT2D eigenvalue weighted by molar-refractivity contribution is -0.132. The molecule has 0 atom stereocenters. The molecule has 140 valence electrons. The summed E-state index contributed by atoms with van der Waals surface area (Å²) < 4.78 is 13.7. The van der Waals surface area contributed by atoms with E-state index >= 15 is 0 Å². The van der Waals surface area contributed by atoms with Gasteiger partial charge in [-0.3, -0.25) is 14.8 Å². The molecule has 7 heteroatoms. The third-order valence-corrected chi connectivity index (χ3v) is 4.60. The first-order chi connectivity index (χ1) is 12.3. The second-order valence-electron chi connectivity index (χ2n) is 7.78. The average molecular weight is 359 g/mol. The van der Waals surface area contributed by atoms with E-state index in [1.165, 1.54) is 6.07 Å². The van der Waals surface area contributed by atoms with E-state index in [1.54, 1.807) is 18.2 Å². The van der Waals surface area contributed by atoms with Crippen molar-refractivity contribution < 1.29 is 9.18 Å². The fourth-order valence-corrected chi connectivity index (χ4v) is 2.99. The highest BCUT2D eigenvalue weighted by molar-refractivity contribution is 5.79. The first kappa shape index (κ1) is 18.5. The third kappa shape index (κ3) is 4.46. The molecule has 0 unspecified atom stereocenters. The van der Waals surface area contributed by atoms with Gasteiger partial charge in [0.1, 0.15) is 11.6 Å². The first-order valence-electron chi connectivity index (χ1n) is 8.98. The lowest BCUT2D eigenvalue weighted by Gasteiger charge is -2.34. The van der Waals surface area contributed by atoms with Gasteiger partial charge in [-0.05, 0) is 11.6 Å². The average Bonchev–Trinajstić information content (AvgIpc) is 3.06. The van der Waals surface area contributed by atoms with Crippen LogP contribution in [0.1, 0.15) is 38.0 Å². The Balaban J connectivity index is 1.50. The van der Waals surface area contributed by atoms with Gasteiger partial charge in [0.05, 0.1) is 13.0 Å². The molecule has 2 aromatic rings. The number of hydrogen-bond acceptors (Lipinski definition) is 4. The molecule has 1 N–H and O–H groups in total. The number of benzene rings is 1. The summed E-state index contributed by atoms with van der Waals surface area (Å²) in [5.74, 6) is 1.32. The van der Waals surface area contributed by atoms with E-state index in [9.17, 15) is 9.18 Å². The third-order valence-electron chi connectivity index (χ3n) is 4.60. The van der Waals surface area contributed by atoms with Gasteiger partial charge in [0, 0.05) is 31.6 Å². The highest BCUT2D eigenvalue weighted by Gasteiger charge is 2.24. The minimum atomic E-state index is -0.320. The van der Waals surface area contributed by atoms with Crippen LogP contribution < -0.4 is 0 Å². The normalized spacial score (nSPS) is 16.1. The standard InChI is InChI=1S/C19H26FN5O/c1-19(2,3)18-21-16(22-23-18)13-24-8-10-25(11-9-24)17(26)12-14-6-4-5-7-15(14)20/h4-7H,8-13H2,1-3H3,(H,21,22,23). The van der Waals surface area contributed by atoms with Crippen LogP contribution in [0, 0.1) is 5.82 Å². The van der Waals surface area contributed by atoms with E-state index in [-0.39, 0.29) is 23.6 Å². The molecule has 0 saturated carbocycles. The Labute approximate surface area is 153 Å². The molecular weight excluding hydrogens is 333 g/mol. The van der Waals surface area contributed by atoms with Crippen LogP contribution in [0.5, 0.6) is 0 Å². The van der Waals surface area contributed by atoms with Crippen molar-refractivity contribution in [1.29, 1.82) is 0 Å². The molecule has 0 radical (unpaired) electrons. The van der Waals surface area contributed by atoms with Crippen LogP contribution in [0.4, 0.5) is 4.39 Å². The van der Waals surface area contributed by atoms with E-state index in [0.717, 1.165) is 24.7 Å². The van der Waals surface area contributed by atoms with Crippen LogP contribution in [-0.2, 0) is 23.2 Å². The predicted molar refractivity (Wildman–Crippen MR) is 97.0 cm³/mol. The molecule has 1 aliphatic rings. The van der Waals surface area contributed by atoms with E-state index in [1.807, 2.05) is 4.90 Å². The van der Waals surface area contributed by atoms with Gasteiger partial charge in [0.2, 0.25) is 5.91 Å². The van der Waals surface area contributed by atoms with Crippen molar-refractivity contribution in [2.75, 3.05) is 26.2 Å². The lowest BCUT2D eigenvalue weighted by atomic mass is 9.96. The minimum Gasteiger partial charge on any atom is -0.340 e. The molecule has 0 spiro atoms. The minimum absolute atomic E-state index is 0.0237. The van der Waals surface area contributed by atoms with Crippen LogP contribution in [0.3, 0.4) is 0 Å². The molecule has 1 aromatic heterocycles. The van der Waals surface area contributed by atoms with Gasteiger partial charge in [-0.25, -0.2) is 9.37 Å². The molecule has 6 nitrogen and oxygen atoms in total. The van der Waals surface area contributed by atoms with Gasteiger partial charge in [0.25, 0.3) is 0 Å². The van der Waals surface area contributed by atoms with Crippen LogP contribution in [-0.4, -0.2) is 57.1 Å². The van der Waals surface area contributed by atoms with Gasteiger partial charge in [-0.2, -0.15) is 5.10 Å². The Morgan fingerprint density at radius 3 is 2.50 bits per heavy atom. The SMILES string of the molecule is CC(C)(C)c1n[nH]c(CN2CCN(C(=O)Cc3ccccc3F)CC2)n1. The van der Waals surface area contributed by atoms with Gasteiger partial charge in [0.15, 0.2) is 5.82 Å². The number of carbonyl (C=O) groups is 1. The lowest BCUT2D eigenvalue weighted by Crippen LogP contribution is -2.48. The van der Waals surface area contributed by atoms with Crippen molar-refractivity contribution in [1.82, 2.24) is 25.0 Å². The van der Waals surface area contributed by atoms with Crippen molar-refractivity contribution in [2.24, 2.45) is 0 Å². The monoisotopic (exact) mass is 359 g/mol. The smallest absolute Gasteiger partial charge is 0.227 e. The highest BCUT2D eigenvalue weighted by atomic mass is 19.1. The highest BCUT2D eigenvalue weighted by Crippen LogP contribution is 2.18. The Morgan fingerprint density at radius 2 is 1.88 bits per heavy atom. The molecule has 26 heavy (non-hydrogen) atoms. The largest absolute Gasteiger partial charge is 0.340 e. The molecular formula is C19H26FN5O. The maximum Gasteiger partial charge on any atom is 0.227 e. The Morgan fingerprint density at radius 1 is 1.19 bits per heavy atom. The van der Waals surface area contributed by atoms with E-state index in [2.05, 4.69) is 40.9 Å². The number of halogens is 1. The molecule has 3 rings (SSSR count). The number of H-pyrrole nitrogens is 1. The zero-order valence-corrected chi connectivity index (χ0v) is 15.6. The quantitative estimate of drug-likeness (QED) is 0.908. The summed E-state index contributed by atoms with van der Waals surface area (Å²) in [6, 6.07) is 6.45. The summed E-state index contributed by atoms with van der Waals surface area (Å²) >= 11 is 0. The molecule has 1 saturated heterocycles. The van der Waals surface area contributed by atoms with Crippen LogP contribution >= 0.6 is 0 Å². The van der Waals surface area contributed by atoms with Crippen molar-refractivity contribution >= 4 is 5.91 Å². The van der Waals surface area contributed by atoms with Crippen LogP contribution in [0.15, 0.2) is 24.3 Å². The van der Waals surface area contributed by atoms with Crippen molar-refractivity contribution in [3.8, 4) is 0 Å². The molecule has 1 fully saturated rings. The van der Waals surface area contributed by atoms with Gasteiger partial charge >= 0.3 is 0 Å². The summed E-state index contributed by atoms with van der Waals surface area (Å²) in [6.45, 7) is 9.78. The maximum absolute atomic E-state index is 13.7. The molecule has 1 amide bonds. The second-order valence-corrected chi connectivity index (χ2v) is 7.78. The zero-order chi connectivity index (χ0) is 18.7. The van der Waals surface area contributed by atoms with Gasteiger partial charge < -0.3 is 4.90 Å². The number of aromatic amines is 1. The van der Waals surface area contributed by atoms with Crippen molar-refractivity contribution in [2.45, 2.75) is 39.2 Å². The molecule has 2 heterocycles. The first-order valence-corrected chi connectivity index (χ1v) is 8.98. The topological polar surface area (TPSA) is 65.1 Å². The zero-order valence-electron chi connectivity index (χ0n) is 15.6. The van der Waals surface area contributed by atoms with E-state index in [4.69, 9.17) is 0 Å². The number of nitrogens with one attached hydrogen (secondary N) is 1. The predicted octanol–water partition coefficient (Wildman–Crippen LogP) is 2.13. The second kappa shape index (κ2) is 7.53. The molecule has 1 aliphatic heterocycles. The number of rotatable bonds is 4. The summed E-state index contributed by atoms with van der Waals surface area (Å²) in [6.07, 6.45) is 0.115. The summed E-state index contributed by atoms with van der Waals surface area (Å²) in [5.41, 5.74) is 0.378. The number of aromatic nitrogens is 3. The fourth-order valence-electron chi connectivity index (χ4n) is 2.99. The Hall–Kier alpha value is -2.28. The molecule has 0 aliphatic carbocycles. The number of nitrogens with zero attached hydrogens (tertiary/aromatic N) is 4. The number of hydrogen-bond donors (Lipinski definition) is 1. The summed E-state index contributed by atoms with van der Waals surface area (Å²) in [5, 5.41) is 7.30. The fraction of sp³-hybridized carbons (Fsp3) is 0.526. The van der Waals surface area contributed by atoms with Crippen LogP contribution in [0.25, 0.3) is 0 Å². The number of amides is 1. The molecule has 1 aromatic carbocycles. The summed E-state index contributed by atoms with van der Waals surface area (Å²) in [7, 11) is 0. The van der Waals surface area contributed by atoms with Crippen LogP contribution in [0.2, 0.25) is 0 Å². The number of carbonyl (C=O) groups excluding carboxylic acids is 1. The van der Waals surface area contributed by atoms with E-state index in [0.29, 0.717) is 25.2 Å². The Kier molecular flexibility index (Phi) is 5.36.